The van der Waals surface area contributed by atoms with Gasteiger partial charge in [-0.25, -0.2) is 0 Å². The summed E-state index contributed by atoms with van der Waals surface area (Å²) >= 11 is 0. The summed E-state index contributed by atoms with van der Waals surface area (Å²) in [6, 6.07) is 13.6. The molecule has 0 saturated heterocycles. The molecule has 0 aliphatic heterocycles. The third kappa shape index (κ3) is 5.12. The van der Waals surface area contributed by atoms with Crippen molar-refractivity contribution in [1.29, 1.82) is 0 Å². The van der Waals surface area contributed by atoms with Crippen LogP contribution in [0.1, 0.15) is 16.7 Å². The number of amides is 1. The van der Waals surface area contributed by atoms with Gasteiger partial charge in [-0.15, -0.1) is 0 Å². The van der Waals surface area contributed by atoms with E-state index in [4.69, 9.17) is 4.74 Å². The molecule has 0 aliphatic rings. The summed E-state index contributed by atoms with van der Waals surface area (Å²) in [5.74, 6) is -0.298. The van der Waals surface area contributed by atoms with Crippen molar-refractivity contribution in [3.63, 3.8) is 0 Å². The molecule has 1 N–H and O–H groups in total. The molecule has 2 aromatic carbocycles. The second kappa shape index (κ2) is 8.57. The van der Waals surface area contributed by atoms with Gasteiger partial charge in [0.25, 0.3) is 0 Å². The molecule has 6 nitrogen and oxygen atoms in total. The third-order valence-corrected chi connectivity index (χ3v) is 3.69. The molecular formula is C19H19N3O3. The van der Waals surface area contributed by atoms with E-state index in [0.717, 1.165) is 16.7 Å². The van der Waals surface area contributed by atoms with Crippen LogP contribution in [-0.4, -0.2) is 25.5 Å². The molecule has 0 spiro atoms. The molecule has 0 aliphatic carbocycles. The molecule has 0 atom stereocenters. The number of carbonyl (C=O) groups excluding carboxylic acids is 2. The van der Waals surface area contributed by atoms with Crippen molar-refractivity contribution in [1.82, 2.24) is 0 Å². The molecule has 0 unspecified atom stereocenters. The second-order valence-electron chi connectivity index (χ2n) is 5.45. The van der Waals surface area contributed by atoms with Gasteiger partial charge in [-0.1, -0.05) is 12.1 Å². The summed E-state index contributed by atoms with van der Waals surface area (Å²) in [7, 11) is 1.36. The third-order valence-electron chi connectivity index (χ3n) is 3.69. The van der Waals surface area contributed by atoms with Gasteiger partial charge in [-0.05, 0) is 54.8 Å². The quantitative estimate of drug-likeness (QED) is 0.495. The van der Waals surface area contributed by atoms with E-state index in [1.165, 1.54) is 7.11 Å². The monoisotopic (exact) mass is 337 g/mol. The number of carbonyl (C=O) groups is 2. The lowest BCUT2D eigenvalue weighted by Crippen LogP contribution is -2.05. The van der Waals surface area contributed by atoms with Crippen molar-refractivity contribution < 1.29 is 14.3 Å². The van der Waals surface area contributed by atoms with Crippen LogP contribution in [0.4, 0.5) is 17.1 Å². The summed E-state index contributed by atoms with van der Waals surface area (Å²) in [6.45, 7) is 3.82. The van der Waals surface area contributed by atoms with Crippen molar-refractivity contribution >= 4 is 35.4 Å². The minimum Gasteiger partial charge on any atom is -0.469 e. The molecule has 0 fully saturated rings. The van der Waals surface area contributed by atoms with Gasteiger partial charge < -0.3 is 10.1 Å². The first-order valence-electron chi connectivity index (χ1n) is 7.67. The molecule has 2 aromatic rings. The second-order valence-corrected chi connectivity index (χ2v) is 5.45. The van der Waals surface area contributed by atoms with Gasteiger partial charge in [0, 0.05) is 5.69 Å². The summed E-state index contributed by atoms with van der Waals surface area (Å²) in [6.07, 6.45) is 0.820. The first-order chi connectivity index (χ1) is 12.0. The van der Waals surface area contributed by atoms with Gasteiger partial charge >= 0.3 is 5.97 Å². The Labute approximate surface area is 146 Å². The minimum atomic E-state index is -0.298. The van der Waals surface area contributed by atoms with Gasteiger partial charge in [0.1, 0.15) is 6.01 Å². The predicted molar refractivity (Wildman–Crippen MR) is 96.9 cm³/mol. The fourth-order valence-corrected chi connectivity index (χ4v) is 2.18. The number of nitrogens with one attached hydrogen (secondary N) is 1. The minimum absolute atomic E-state index is 0.196. The van der Waals surface area contributed by atoms with E-state index in [2.05, 4.69) is 21.3 Å². The summed E-state index contributed by atoms with van der Waals surface area (Å²) in [5.41, 5.74) is 4.74. The maximum Gasteiger partial charge on any atom is 0.309 e. The number of rotatable bonds is 6. The molecule has 0 heterocycles. The van der Waals surface area contributed by atoms with Crippen molar-refractivity contribution in [3.8, 4) is 0 Å². The molecule has 25 heavy (non-hydrogen) atoms. The Kier molecular flexibility index (Phi) is 6.20. The standard InChI is InChI=1S/C19H19N3O3/c1-13-4-6-16(8-15(13)9-19(24)25-3)20-11-21-17-7-5-14(2)18(10-17)22-12-23/h4-8,10,12H,9H2,1-3H3,(H,22,23). The van der Waals surface area contributed by atoms with Crippen molar-refractivity contribution in [2.75, 3.05) is 12.4 Å². The Bertz CT molecular complexity index is 853. The Morgan fingerprint density at radius 3 is 2.40 bits per heavy atom. The molecular weight excluding hydrogens is 318 g/mol. The van der Waals surface area contributed by atoms with Crippen molar-refractivity contribution in [2.24, 2.45) is 9.98 Å². The van der Waals surface area contributed by atoms with Gasteiger partial charge in [-0.3, -0.25) is 9.59 Å². The van der Waals surface area contributed by atoms with Gasteiger partial charge in [-0.2, -0.15) is 9.98 Å². The number of ether oxygens (including phenoxy) is 1. The normalized spacial score (nSPS) is 9.72. The molecule has 0 radical (unpaired) electrons. The van der Waals surface area contributed by atoms with E-state index in [0.29, 0.717) is 23.5 Å². The molecule has 6 heteroatoms. The van der Waals surface area contributed by atoms with Gasteiger partial charge in [0.05, 0.1) is 24.9 Å². The molecule has 128 valence electrons. The molecule has 0 saturated carbocycles. The van der Waals surface area contributed by atoms with Gasteiger partial charge in [0.15, 0.2) is 0 Å². The van der Waals surface area contributed by atoms with Crippen molar-refractivity contribution in [3.05, 3.63) is 53.1 Å². The highest BCUT2D eigenvalue weighted by Crippen LogP contribution is 2.22. The lowest BCUT2D eigenvalue weighted by Gasteiger charge is -2.05. The largest absolute Gasteiger partial charge is 0.469 e. The van der Waals surface area contributed by atoms with Crippen LogP contribution in [0.5, 0.6) is 0 Å². The van der Waals surface area contributed by atoms with Crippen LogP contribution in [0.2, 0.25) is 0 Å². The Morgan fingerprint density at radius 2 is 1.76 bits per heavy atom. The van der Waals surface area contributed by atoms with E-state index >= 15 is 0 Å². The van der Waals surface area contributed by atoms with Crippen molar-refractivity contribution in [2.45, 2.75) is 20.3 Å². The molecule has 1 amide bonds. The number of hydrogen-bond acceptors (Lipinski definition) is 5. The first kappa shape index (κ1) is 18.1. The average molecular weight is 337 g/mol. The van der Waals surface area contributed by atoms with Crippen LogP contribution in [0.15, 0.2) is 46.4 Å². The van der Waals surface area contributed by atoms with Crippen LogP contribution in [0.25, 0.3) is 0 Å². The number of benzene rings is 2. The van der Waals surface area contributed by atoms with Crippen LogP contribution in [0.3, 0.4) is 0 Å². The average Bonchev–Trinajstić information content (AvgIpc) is 2.60. The van der Waals surface area contributed by atoms with Crippen LogP contribution in [-0.2, 0) is 20.7 Å². The zero-order valence-electron chi connectivity index (χ0n) is 14.4. The topological polar surface area (TPSA) is 80.1 Å². The molecule has 0 aromatic heterocycles. The van der Waals surface area contributed by atoms with E-state index in [-0.39, 0.29) is 12.4 Å². The lowest BCUT2D eigenvalue weighted by molar-refractivity contribution is -0.139. The highest BCUT2D eigenvalue weighted by Gasteiger charge is 2.06. The van der Waals surface area contributed by atoms with E-state index in [1.54, 1.807) is 6.07 Å². The van der Waals surface area contributed by atoms with E-state index < -0.39 is 0 Å². The van der Waals surface area contributed by atoms with Crippen LogP contribution < -0.4 is 5.32 Å². The highest BCUT2D eigenvalue weighted by atomic mass is 16.5. The Hall–Kier alpha value is -3.24. The number of anilines is 1. The SMILES string of the molecule is COC(=O)Cc1cc(N=C=Nc2ccc(C)c(NC=O)c2)ccc1C. The maximum atomic E-state index is 11.4. The van der Waals surface area contributed by atoms with E-state index in [9.17, 15) is 9.59 Å². The number of esters is 1. The highest BCUT2D eigenvalue weighted by molar-refractivity contribution is 5.76. The molecule has 2 rings (SSSR count). The number of methoxy groups -OCH3 is 1. The lowest BCUT2D eigenvalue weighted by atomic mass is 10.1. The Balaban J connectivity index is 2.22. The zero-order chi connectivity index (χ0) is 18.2. The number of nitrogens with zero attached hydrogens (tertiary/aromatic N) is 2. The predicted octanol–water partition coefficient (Wildman–Crippen LogP) is 3.72. The van der Waals surface area contributed by atoms with Crippen LogP contribution in [0, 0.1) is 13.8 Å². The smallest absolute Gasteiger partial charge is 0.309 e. The number of hydrogen-bond donors (Lipinski definition) is 1. The summed E-state index contributed by atoms with van der Waals surface area (Å²) < 4.78 is 4.69. The zero-order valence-corrected chi connectivity index (χ0v) is 14.4. The summed E-state index contributed by atoms with van der Waals surface area (Å²) in [5, 5.41) is 2.62. The number of aliphatic imine (C=N–C) groups is 2. The number of aryl methyl sites for hydroxylation is 2. The fraction of sp³-hybridized carbons (Fsp3) is 0.211. The van der Waals surface area contributed by atoms with E-state index in [1.807, 2.05) is 44.2 Å². The fourth-order valence-electron chi connectivity index (χ4n) is 2.18. The molecule has 0 bridgehead atoms. The first-order valence-corrected chi connectivity index (χ1v) is 7.67. The van der Waals surface area contributed by atoms with Gasteiger partial charge in [0.2, 0.25) is 6.41 Å². The Morgan fingerprint density at radius 1 is 1.12 bits per heavy atom. The maximum absolute atomic E-state index is 11.4. The van der Waals surface area contributed by atoms with Crippen LogP contribution >= 0.6 is 0 Å². The summed E-state index contributed by atoms with van der Waals surface area (Å²) in [4.78, 5) is 30.4.